The summed E-state index contributed by atoms with van der Waals surface area (Å²) in [6, 6.07) is -0.293. The lowest BCUT2D eigenvalue weighted by Gasteiger charge is -2.09. The summed E-state index contributed by atoms with van der Waals surface area (Å²) >= 11 is 0. The first-order valence-corrected chi connectivity index (χ1v) is 5.06. The SMILES string of the molecule is CC1(C)CC1CNC1CC(=O)NC1=O. The highest BCUT2D eigenvalue weighted by Crippen LogP contribution is 2.51. The van der Waals surface area contributed by atoms with Crippen molar-refractivity contribution < 1.29 is 9.59 Å². The van der Waals surface area contributed by atoms with Gasteiger partial charge in [-0.3, -0.25) is 14.9 Å². The normalized spacial score (nSPS) is 34.4. The molecule has 78 valence electrons. The van der Waals surface area contributed by atoms with Gasteiger partial charge in [0.15, 0.2) is 0 Å². The fourth-order valence-electron chi connectivity index (χ4n) is 1.93. The summed E-state index contributed by atoms with van der Waals surface area (Å²) in [6.45, 7) is 5.29. The van der Waals surface area contributed by atoms with Gasteiger partial charge in [-0.15, -0.1) is 0 Å². The van der Waals surface area contributed by atoms with Gasteiger partial charge in [0.2, 0.25) is 11.8 Å². The Hall–Kier alpha value is -0.900. The number of hydrogen-bond acceptors (Lipinski definition) is 3. The van der Waals surface area contributed by atoms with E-state index in [1.165, 1.54) is 6.42 Å². The predicted molar refractivity (Wildman–Crippen MR) is 51.4 cm³/mol. The van der Waals surface area contributed by atoms with E-state index in [0.717, 1.165) is 6.54 Å². The number of hydrogen-bond donors (Lipinski definition) is 2. The van der Waals surface area contributed by atoms with E-state index in [1.54, 1.807) is 0 Å². The highest BCUT2D eigenvalue weighted by Gasteiger charge is 2.45. The van der Waals surface area contributed by atoms with Gasteiger partial charge in [-0.05, 0) is 24.3 Å². The molecule has 4 heteroatoms. The number of nitrogens with one attached hydrogen (secondary N) is 2. The topological polar surface area (TPSA) is 58.2 Å². The maximum Gasteiger partial charge on any atom is 0.244 e. The molecule has 2 N–H and O–H groups in total. The average molecular weight is 196 g/mol. The first-order chi connectivity index (χ1) is 6.49. The van der Waals surface area contributed by atoms with Crippen LogP contribution >= 0.6 is 0 Å². The van der Waals surface area contributed by atoms with Crippen LogP contribution in [0.2, 0.25) is 0 Å². The van der Waals surface area contributed by atoms with E-state index in [0.29, 0.717) is 17.8 Å². The minimum Gasteiger partial charge on any atom is -0.305 e. The van der Waals surface area contributed by atoms with Gasteiger partial charge in [0, 0.05) is 0 Å². The molecule has 0 bridgehead atoms. The average Bonchev–Trinajstić information content (AvgIpc) is 2.53. The van der Waals surface area contributed by atoms with E-state index >= 15 is 0 Å². The van der Waals surface area contributed by atoms with Crippen LogP contribution in [0.5, 0.6) is 0 Å². The summed E-state index contributed by atoms with van der Waals surface area (Å²) in [5.41, 5.74) is 0.423. The summed E-state index contributed by atoms with van der Waals surface area (Å²) in [5, 5.41) is 5.44. The smallest absolute Gasteiger partial charge is 0.244 e. The van der Waals surface area contributed by atoms with Crippen LogP contribution in [0.1, 0.15) is 26.7 Å². The molecular formula is C10H16N2O2. The molecule has 1 saturated carbocycles. The molecule has 0 aromatic heterocycles. The Balaban J connectivity index is 1.77. The van der Waals surface area contributed by atoms with Gasteiger partial charge in [-0.2, -0.15) is 0 Å². The Kier molecular flexibility index (Phi) is 2.10. The third-order valence-corrected chi connectivity index (χ3v) is 3.30. The maximum absolute atomic E-state index is 11.2. The molecule has 0 radical (unpaired) electrons. The van der Waals surface area contributed by atoms with Crippen LogP contribution in [-0.2, 0) is 9.59 Å². The van der Waals surface area contributed by atoms with Crippen LogP contribution in [-0.4, -0.2) is 24.4 Å². The van der Waals surface area contributed by atoms with E-state index in [4.69, 9.17) is 0 Å². The quantitative estimate of drug-likeness (QED) is 0.626. The largest absolute Gasteiger partial charge is 0.305 e. The minimum atomic E-state index is -0.293. The predicted octanol–water partition coefficient (Wildman–Crippen LogP) is 0.0372. The van der Waals surface area contributed by atoms with E-state index in [2.05, 4.69) is 24.5 Å². The molecule has 2 fully saturated rings. The third kappa shape index (κ3) is 1.80. The molecular weight excluding hydrogens is 180 g/mol. The van der Waals surface area contributed by atoms with Crippen molar-refractivity contribution >= 4 is 11.8 Å². The fourth-order valence-corrected chi connectivity index (χ4v) is 1.93. The second-order valence-electron chi connectivity index (χ2n) is 4.97. The molecule has 2 amide bonds. The fraction of sp³-hybridized carbons (Fsp3) is 0.800. The number of rotatable bonds is 3. The van der Waals surface area contributed by atoms with Gasteiger partial charge in [-0.1, -0.05) is 13.8 Å². The van der Waals surface area contributed by atoms with Gasteiger partial charge in [0.05, 0.1) is 12.5 Å². The van der Waals surface area contributed by atoms with Gasteiger partial charge in [-0.25, -0.2) is 0 Å². The number of amides is 2. The van der Waals surface area contributed by atoms with Crippen molar-refractivity contribution in [3.63, 3.8) is 0 Å². The van der Waals surface area contributed by atoms with E-state index in [1.807, 2.05) is 0 Å². The second-order valence-corrected chi connectivity index (χ2v) is 4.97. The minimum absolute atomic E-state index is 0.164. The summed E-state index contributed by atoms with van der Waals surface area (Å²) in [7, 11) is 0. The first-order valence-electron chi connectivity index (χ1n) is 5.06. The maximum atomic E-state index is 11.2. The van der Waals surface area contributed by atoms with Crippen LogP contribution in [0, 0.1) is 11.3 Å². The highest BCUT2D eigenvalue weighted by molar-refractivity contribution is 6.05. The molecule has 4 nitrogen and oxygen atoms in total. The zero-order valence-electron chi connectivity index (χ0n) is 8.59. The summed E-state index contributed by atoms with van der Waals surface area (Å²) in [4.78, 5) is 22.1. The van der Waals surface area contributed by atoms with Gasteiger partial charge < -0.3 is 5.32 Å². The molecule has 1 aliphatic carbocycles. The number of carbonyl (C=O) groups excluding carboxylic acids is 2. The molecule has 0 aromatic rings. The standard InChI is InChI=1S/C10H16N2O2/c1-10(2)4-6(10)5-11-7-3-8(13)12-9(7)14/h6-7,11H,3-5H2,1-2H3,(H,12,13,14). The van der Waals surface area contributed by atoms with Crippen molar-refractivity contribution in [3.05, 3.63) is 0 Å². The van der Waals surface area contributed by atoms with Crippen LogP contribution in [0.25, 0.3) is 0 Å². The van der Waals surface area contributed by atoms with Gasteiger partial charge in [0.25, 0.3) is 0 Å². The van der Waals surface area contributed by atoms with E-state index < -0.39 is 0 Å². The lowest BCUT2D eigenvalue weighted by Crippen LogP contribution is -2.37. The van der Waals surface area contributed by atoms with Gasteiger partial charge in [0.1, 0.15) is 0 Å². The van der Waals surface area contributed by atoms with E-state index in [9.17, 15) is 9.59 Å². The number of carbonyl (C=O) groups is 2. The summed E-state index contributed by atoms with van der Waals surface area (Å²) in [6.07, 6.45) is 1.51. The molecule has 2 rings (SSSR count). The molecule has 0 aromatic carbocycles. The lowest BCUT2D eigenvalue weighted by atomic mass is 10.1. The Morgan fingerprint density at radius 2 is 2.14 bits per heavy atom. The molecule has 1 aliphatic heterocycles. The van der Waals surface area contributed by atoms with E-state index in [-0.39, 0.29) is 17.9 Å². The Labute approximate surface area is 83.4 Å². The molecule has 14 heavy (non-hydrogen) atoms. The van der Waals surface area contributed by atoms with Crippen LogP contribution in [0.15, 0.2) is 0 Å². The number of imide groups is 1. The zero-order valence-corrected chi connectivity index (χ0v) is 8.59. The summed E-state index contributed by atoms with van der Waals surface area (Å²) < 4.78 is 0. The molecule has 2 aliphatic rings. The molecule has 0 spiro atoms. The zero-order chi connectivity index (χ0) is 10.3. The van der Waals surface area contributed by atoms with Crippen molar-refractivity contribution in [3.8, 4) is 0 Å². The third-order valence-electron chi connectivity index (χ3n) is 3.30. The molecule has 1 saturated heterocycles. The molecule has 1 heterocycles. The molecule has 2 atom stereocenters. The highest BCUT2D eigenvalue weighted by atomic mass is 16.2. The van der Waals surface area contributed by atoms with Crippen molar-refractivity contribution in [2.45, 2.75) is 32.7 Å². The van der Waals surface area contributed by atoms with Gasteiger partial charge >= 0.3 is 0 Å². The first kappa shape index (κ1) is 9.65. The second kappa shape index (κ2) is 3.05. The Morgan fingerprint density at radius 3 is 2.57 bits per heavy atom. The Morgan fingerprint density at radius 1 is 1.50 bits per heavy atom. The van der Waals surface area contributed by atoms with Crippen molar-refractivity contribution in [1.29, 1.82) is 0 Å². The van der Waals surface area contributed by atoms with Crippen LogP contribution in [0.4, 0.5) is 0 Å². The Bertz CT molecular complexity index is 286. The lowest BCUT2D eigenvalue weighted by molar-refractivity contribution is -0.125. The van der Waals surface area contributed by atoms with Crippen molar-refractivity contribution in [2.24, 2.45) is 11.3 Å². The molecule has 2 unspecified atom stereocenters. The van der Waals surface area contributed by atoms with Crippen LogP contribution < -0.4 is 10.6 Å². The van der Waals surface area contributed by atoms with Crippen molar-refractivity contribution in [1.82, 2.24) is 10.6 Å². The van der Waals surface area contributed by atoms with Crippen LogP contribution in [0.3, 0.4) is 0 Å². The monoisotopic (exact) mass is 196 g/mol. The summed E-state index contributed by atoms with van der Waals surface area (Å²) in [5.74, 6) is 0.321. The van der Waals surface area contributed by atoms with Crippen molar-refractivity contribution in [2.75, 3.05) is 6.54 Å².